The topological polar surface area (TPSA) is 112 Å². The van der Waals surface area contributed by atoms with Gasteiger partial charge in [0.1, 0.15) is 0 Å². The Bertz CT molecular complexity index is 1060. The zero-order valence-electron chi connectivity index (χ0n) is 16.5. The van der Waals surface area contributed by atoms with E-state index < -0.39 is 5.97 Å². The zero-order chi connectivity index (χ0) is 21.5. The number of aryl methyl sites for hydroxylation is 1. The average Bonchev–Trinajstić information content (AvgIpc) is 3.16. The van der Waals surface area contributed by atoms with E-state index in [1.54, 1.807) is 12.1 Å². The molecule has 0 atom stereocenters. The molecular weight excluding hydrogens is 402 g/mol. The summed E-state index contributed by atoms with van der Waals surface area (Å²) in [6.45, 7) is 4.71. The molecule has 1 aromatic heterocycles. The molecule has 0 bridgehead atoms. The fourth-order valence-corrected chi connectivity index (χ4v) is 3.44. The van der Waals surface area contributed by atoms with Crippen LogP contribution < -0.4 is 10.5 Å². The van der Waals surface area contributed by atoms with Crippen molar-refractivity contribution in [2.45, 2.75) is 25.5 Å². The molecule has 3 aromatic rings. The first-order chi connectivity index (χ1) is 14.5. The normalized spacial score (nSPS) is 11.0. The van der Waals surface area contributed by atoms with E-state index in [-0.39, 0.29) is 17.2 Å². The van der Waals surface area contributed by atoms with Crippen LogP contribution >= 0.6 is 11.8 Å². The van der Waals surface area contributed by atoms with E-state index in [0.717, 1.165) is 11.4 Å². The number of nitrogens with one attached hydrogen (secondary N) is 1. The molecule has 2 aromatic carbocycles. The molecule has 1 N–H and O–H groups in total. The van der Waals surface area contributed by atoms with Gasteiger partial charge in [-0.3, -0.25) is 4.79 Å². The third-order valence-corrected chi connectivity index (χ3v) is 5.19. The molecule has 0 aliphatic rings. The largest absolute Gasteiger partial charge is 0.545 e. The minimum Gasteiger partial charge on any atom is -0.545 e. The first-order valence-electron chi connectivity index (χ1n) is 9.24. The standard InChI is InChI=1S/C21H21N5O3S/c1-3-26-19(16-8-4-14(2)5-9-16)24-25-21(26)30-13-18(27)23-22-12-15-6-10-17(11-7-15)20(28)29/h4-12H,3,13H2,1-2H3,(H,23,27)(H,28,29)/p-1/b22-12+. The molecule has 0 fully saturated rings. The van der Waals surface area contributed by atoms with Crippen molar-refractivity contribution in [2.75, 3.05) is 5.75 Å². The molecule has 0 saturated carbocycles. The highest BCUT2D eigenvalue weighted by atomic mass is 32.2. The lowest BCUT2D eigenvalue weighted by molar-refractivity contribution is -0.255. The van der Waals surface area contributed by atoms with Crippen LogP contribution in [-0.4, -0.2) is 38.6 Å². The molecule has 0 radical (unpaired) electrons. The number of carbonyl (C=O) groups excluding carboxylic acids is 2. The summed E-state index contributed by atoms with van der Waals surface area (Å²) >= 11 is 1.28. The lowest BCUT2D eigenvalue weighted by Gasteiger charge is -2.07. The second kappa shape index (κ2) is 9.84. The van der Waals surface area contributed by atoms with Gasteiger partial charge >= 0.3 is 0 Å². The van der Waals surface area contributed by atoms with Gasteiger partial charge in [0.15, 0.2) is 11.0 Å². The SMILES string of the molecule is CCn1c(SCC(=O)N/N=C/c2ccc(C(=O)[O-])cc2)nnc1-c1ccc(C)cc1. The van der Waals surface area contributed by atoms with Gasteiger partial charge in [-0.15, -0.1) is 10.2 Å². The van der Waals surface area contributed by atoms with Crippen molar-refractivity contribution in [3.63, 3.8) is 0 Å². The van der Waals surface area contributed by atoms with Gasteiger partial charge in [-0.2, -0.15) is 5.10 Å². The molecule has 0 saturated heterocycles. The van der Waals surface area contributed by atoms with E-state index in [1.807, 2.05) is 42.7 Å². The molecule has 8 nitrogen and oxygen atoms in total. The van der Waals surface area contributed by atoms with Crippen LogP contribution in [0.3, 0.4) is 0 Å². The van der Waals surface area contributed by atoms with Crippen molar-refractivity contribution in [3.05, 3.63) is 65.2 Å². The third-order valence-electron chi connectivity index (χ3n) is 4.22. The van der Waals surface area contributed by atoms with E-state index in [1.165, 1.54) is 35.7 Å². The van der Waals surface area contributed by atoms with Crippen LogP contribution in [0.25, 0.3) is 11.4 Å². The number of carbonyl (C=O) groups is 2. The van der Waals surface area contributed by atoms with Gasteiger partial charge in [0.05, 0.1) is 17.9 Å². The Morgan fingerprint density at radius 3 is 2.47 bits per heavy atom. The lowest BCUT2D eigenvalue weighted by atomic mass is 10.1. The molecule has 30 heavy (non-hydrogen) atoms. The summed E-state index contributed by atoms with van der Waals surface area (Å²) in [5, 5.41) is 23.8. The van der Waals surface area contributed by atoms with Crippen LogP contribution in [0, 0.1) is 6.92 Å². The van der Waals surface area contributed by atoms with E-state index in [0.29, 0.717) is 17.3 Å². The fourth-order valence-electron chi connectivity index (χ4n) is 2.64. The summed E-state index contributed by atoms with van der Waals surface area (Å²) in [7, 11) is 0. The molecule has 0 unspecified atom stereocenters. The smallest absolute Gasteiger partial charge is 0.250 e. The molecule has 9 heteroatoms. The van der Waals surface area contributed by atoms with Crippen molar-refractivity contribution in [1.82, 2.24) is 20.2 Å². The van der Waals surface area contributed by atoms with Gasteiger partial charge < -0.3 is 14.5 Å². The van der Waals surface area contributed by atoms with Crippen LogP contribution in [0.1, 0.15) is 28.4 Å². The van der Waals surface area contributed by atoms with Gasteiger partial charge in [0.25, 0.3) is 5.91 Å². The number of amides is 1. The number of hydrogen-bond acceptors (Lipinski definition) is 7. The van der Waals surface area contributed by atoms with Gasteiger partial charge in [0.2, 0.25) is 0 Å². The molecule has 0 aliphatic carbocycles. The highest BCUT2D eigenvalue weighted by Gasteiger charge is 2.14. The van der Waals surface area contributed by atoms with E-state index in [9.17, 15) is 14.7 Å². The van der Waals surface area contributed by atoms with Gasteiger partial charge in [-0.25, -0.2) is 5.43 Å². The Morgan fingerprint density at radius 2 is 1.83 bits per heavy atom. The van der Waals surface area contributed by atoms with E-state index in [2.05, 4.69) is 20.7 Å². The van der Waals surface area contributed by atoms with E-state index in [4.69, 9.17) is 0 Å². The predicted molar refractivity (Wildman–Crippen MR) is 113 cm³/mol. The van der Waals surface area contributed by atoms with Crippen molar-refractivity contribution < 1.29 is 14.7 Å². The molecule has 1 heterocycles. The summed E-state index contributed by atoms with van der Waals surface area (Å²) in [6, 6.07) is 14.0. The van der Waals surface area contributed by atoms with Crippen molar-refractivity contribution in [2.24, 2.45) is 5.10 Å². The van der Waals surface area contributed by atoms with Crippen molar-refractivity contribution >= 4 is 29.9 Å². The maximum Gasteiger partial charge on any atom is 0.250 e. The molecule has 1 amide bonds. The summed E-state index contributed by atoms with van der Waals surface area (Å²) in [5.41, 5.74) is 5.32. The Kier molecular flexibility index (Phi) is 6.97. The number of carboxylic acid groups (broad SMARTS) is 1. The Labute approximate surface area is 178 Å². The Hall–Kier alpha value is -3.46. The summed E-state index contributed by atoms with van der Waals surface area (Å²) < 4.78 is 1.96. The number of thioether (sulfide) groups is 1. The van der Waals surface area contributed by atoms with Crippen LogP contribution in [0.5, 0.6) is 0 Å². The van der Waals surface area contributed by atoms with Crippen molar-refractivity contribution in [1.29, 1.82) is 0 Å². The summed E-state index contributed by atoms with van der Waals surface area (Å²) in [5.74, 6) is -0.634. The van der Waals surface area contributed by atoms with Crippen LogP contribution in [-0.2, 0) is 11.3 Å². The first-order valence-corrected chi connectivity index (χ1v) is 10.2. The predicted octanol–water partition coefficient (Wildman–Crippen LogP) is 1.88. The van der Waals surface area contributed by atoms with Crippen LogP contribution in [0.15, 0.2) is 58.8 Å². The number of aromatic nitrogens is 3. The molecule has 0 aliphatic heterocycles. The number of nitrogens with zero attached hydrogens (tertiary/aromatic N) is 4. The second-order valence-corrected chi connectivity index (χ2v) is 7.35. The molecule has 3 rings (SSSR count). The highest BCUT2D eigenvalue weighted by molar-refractivity contribution is 7.99. The Balaban J connectivity index is 1.57. The molecule has 0 spiro atoms. The minimum atomic E-state index is -1.24. The number of hydrazone groups is 1. The molecule has 154 valence electrons. The summed E-state index contributed by atoms with van der Waals surface area (Å²) in [4.78, 5) is 22.8. The number of rotatable bonds is 8. The monoisotopic (exact) mass is 422 g/mol. The zero-order valence-corrected chi connectivity index (χ0v) is 17.3. The number of carboxylic acids is 1. The highest BCUT2D eigenvalue weighted by Crippen LogP contribution is 2.24. The summed E-state index contributed by atoms with van der Waals surface area (Å²) in [6.07, 6.45) is 1.44. The maximum atomic E-state index is 12.1. The van der Waals surface area contributed by atoms with Crippen molar-refractivity contribution in [3.8, 4) is 11.4 Å². The lowest BCUT2D eigenvalue weighted by Crippen LogP contribution is -2.22. The van der Waals surface area contributed by atoms with Gasteiger partial charge in [-0.1, -0.05) is 65.9 Å². The van der Waals surface area contributed by atoms with Crippen LogP contribution in [0.2, 0.25) is 0 Å². The number of hydrogen-bond donors (Lipinski definition) is 1. The maximum absolute atomic E-state index is 12.1. The quantitative estimate of drug-likeness (QED) is 0.337. The average molecular weight is 422 g/mol. The van der Waals surface area contributed by atoms with E-state index >= 15 is 0 Å². The number of aromatic carboxylic acids is 1. The molecular formula is C21H20N5O3S-. The first kappa shape index (κ1) is 21.3. The van der Waals surface area contributed by atoms with Gasteiger partial charge in [0, 0.05) is 12.1 Å². The Morgan fingerprint density at radius 1 is 1.13 bits per heavy atom. The second-order valence-electron chi connectivity index (χ2n) is 6.41. The fraction of sp³-hybridized carbons (Fsp3) is 0.190. The number of benzene rings is 2. The van der Waals surface area contributed by atoms with Gasteiger partial charge in [-0.05, 0) is 25.0 Å². The van der Waals surface area contributed by atoms with Crippen LogP contribution in [0.4, 0.5) is 0 Å². The third kappa shape index (κ3) is 5.32. The minimum absolute atomic E-state index is 0.0811.